The number of pyridine rings is 3. The van der Waals surface area contributed by atoms with Crippen molar-refractivity contribution in [3.8, 4) is 89.5 Å². The molecule has 0 fully saturated rings. The fourth-order valence-electron chi connectivity index (χ4n) is 10.8. The summed E-state index contributed by atoms with van der Waals surface area (Å²) in [5.41, 5.74) is 23.4. The third-order valence-electron chi connectivity index (χ3n) is 14.8. The van der Waals surface area contributed by atoms with Crippen LogP contribution in [0.25, 0.3) is 136 Å². The van der Waals surface area contributed by atoms with Gasteiger partial charge in [-0.25, -0.2) is 15.0 Å². The molecule has 3 N–H and O–H groups in total. The molecule has 6 aromatic carbocycles. The molecule has 382 valence electrons. The van der Waals surface area contributed by atoms with Crippen molar-refractivity contribution in [3.63, 3.8) is 0 Å². The minimum atomic E-state index is -0.207. The molecule has 0 unspecified atom stereocenters. The topological polar surface area (TPSA) is 125 Å². The number of aromatic amines is 2. The fraction of sp³-hybridized carbons (Fsp3) is 0. The summed E-state index contributed by atoms with van der Waals surface area (Å²) < 4.78 is 0. The highest BCUT2D eigenvalue weighted by Gasteiger charge is 2.20. The third-order valence-corrected chi connectivity index (χ3v) is 14.8. The average molecular weight is 1040 g/mol. The Labute approximate surface area is 467 Å². The van der Waals surface area contributed by atoms with E-state index >= 15 is 0 Å². The Morgan fingerprint density at radius 3 is 1.04 bits per heavy atom. The Balaban J connectivity index is 0.801. The van der Waals surface area contributed by atoms with Crippen LogP contribution in [0, 0.1) is 0 Å². The summed E-state index contributed by atoms with van der Waals surface area (Å²) >= 11 is 0. The number of fused-ring (bicyclic) bond motifs is 8. The van der Waals surface area contributed by atoms with Gasteiger partial charge < -0.3 is 15.3 Å². The first-order valence-corrected chi connectivity index (χ1v) is 26.8. The second-order valence-corrected chi connectivity index (χ2v) is 19.8. The van der Waals surface area contributed by atoms with E-state index in [1.54, 1.807) is 12.4 Å². The quantitative estimate of drug-likeness (QED) is 0.125. The summed E-state index contributed by atoms with van der Waals surface area (Å²) in [6, 6.07) is 79.7. The molecule has 1 amide bonds. The van der Waals surface area contributed by atoms with Crippen LogP contribution >= 0.6 is 0 Å². The van der Waals surface area contributed by atoms with Crippen molar-refractivity contribution in [1.82, 2.24) is 34.9 Å². The molecule has 0 saturated heterocycles. The zero-order valence-corrected chi connectivity index (χ0v) is 43.6. The second-order valence-electron chi connectivity index (χ2n) is 19.8. The summed E-state index contributed by atoms with van der Waals surface area (Å²) in [5.74, 6) is -0.207. The van der Waals surface area contributed by atoms with Crippen LogP contribution in [0.3, 0.4) is 0 Å². The maximum Gasteiger partial charge on any atom is 0.255 e. The number of nitrogens with one attached hydrogen (secondary N) is 3. The molecular formula is C72H48N8O. The van der Waals surface area contributed by atoms with Gasteiger partial charge in [0.15, 0.2) is 0 Å². The molecule has 8 heterocycles. The van der Waals surface area contributed by atoms with Crippen LogP contribution < -0.4 is 5.32 Å². The van der Waals surface area contributed by atoms with E-state index in [-0.39, 0.29) is 5.91 Å². The maximum atomic E-state index is 13.9. The molecule has 2 aliphatic rings. The van der Waals surface area contributed by atoms with Crippen molar-refractivity contribution in [1.29, 1.82) is 0 Å². The van der Waals surface area contributed by atoms with Gasteiger partial charge in [-0.15, -0.1) is 0 Å². The molecular weight excluding hydrogens is 993 g/mol. The molecule has 9 heteroatoms. The number of rotatable bonds is 10. The molecule has 12 aromatic rings. The SMILES string of the molecule is O=C(Nc1ccc(-c2c3nc(c(-c4ccccc4)c4ccc([nH]4)c(-c4ccccc4)c4nc(c(-c5ccccc5)c5ccc2[nH]5)C=C4)C=C3)cc1)c1ccc(-c2ccc(-c3cc(-c4ccccn4)nc(-c4ccccn4)c3)cc2)cc1. The first-order valence-electron chi connectivity index (χ1n) is 26.8. The molecule has 0 aliphatic carbocycles. The van der Waals surface area contributed by atoms with Crippen molar-refractivity contribution in [3.05, 3.63) is 277 Å². The molecule has 81 heavy (non-hydrogen) atoms. The van der Waals surface area contributed by atoms with E-state index in [1.165, 1.54) is 0 Å². The number of benzene rings is 6. The number of hydrogen-bond acceptors (Lipinski definition) is 6. The Morgan fingerprint density at radius 1 is 0.309 bits per heavy atom. The summed E-state index contributed by atoms with van der Waals surface area (Å²) in [5, 5.41) is 3.15. The molecule has 0 radical (unpaired) electrons. The third kappa shape index (κ3) is 9.62. The normalized spacial score (nSPS) is 11.7. The largest absolute Gasteiger partial charge is 0.354 e. The van der Waals surface area contributed by atoms with Gasteiger partial charge in [0.05, 0.1) is 45.6 Å². The van der Waals surface area contributed by atoms with Crippen LogP contribution in [-0.4, -0.2) is 40.8 Å². The van der Waals surface area contributed by atoms with Crippen LogP contribution in [0.5, 0.6) is 0 Å². The van der Waals surface area contributed by atoms with Crippen LogP contribution in [-0.2, 0) is 0 Å². The predicted molar refractivity (Wildman–Crippen MR) is 330 cm³/mol. The first-order chi connectivity index (χ1) is 40.0. The van der Waals surface area contributed by atoms with Crippen molar-refractivity contribution in [2.24, 2.45) is 0 Å². The summed E-state index contributed by atoms with van der Waals surface area (Å²) in [4.78, 5) is 46.5. The molecule has 0 saturated carbocycles. The molecule has 14 rings (SSSR count). The van der Waals surface area contributed by atoms with Crippen molar-refractivity contribution in [2.45, 2.75) is 0 Å². The summed E-state index contributed by atoms with van der Waals surface area (Å²) in [6.45, 7) is 0. The summed E-state index contributed by atoms with van der Waals surface area (Å²) in [7, 11) is 0. The number of carbonyl (C=O) groups excluding carboxylic acids is 1. The number of amides is 1. The molecule has 0 atom stereocenters. The number of aromatic nitrogens is 7. The Bertz CT molecular complexity index is 4460. The fourth-order valence-corrected chi connectivity index (χ4v) is 10.8. The Kier molecular flexibility index (Phi) is 12.5. The lowest BCUT2D eigenvalue weighted by atomic mass is 9.98. The van der Waals surface area contributed by atoms with Gasteiger partial charge in [-0.1, -0.05) is 152 Å². The minimum absolute atomic E-state index is 0.207. The predicted octanol–water partition coefficient (Wildman–Crippen LogP) is 17.4. The molecule has 8 bridgehead atoms. The number of hydrogen-bond donors (Lipinski definition) is 3. The lowest BCUT2D eigenvalue weighted by molar-refractivity contribution is 0.102. The first kappa shape index (κ1) is 48.2. The molecule has 2 aliphatic heterocycles. The second kappa shape index (κ2) is 21.0. The highest BCUT2D eigenvalue weighted by Crippen LogP contribution is 2.39. The van der Waals surface area contributed by atoms with E-state index in [4.69, 9.17) is 15.0 Å². The van der Waals surface area contributed by atoms with Crippen molar-refractivity contribution >= 4 is 58.0 Å². The van der Waals surface area contributed by atoms with Crippen LogP contribution in [0.2, 0.25) is 0 Å². The smallest absolute Gasteiger partial charge is 0.255 e. The minimum Gasteiger partial charge on any atom is -0.354 e. The Morgan fingerprint density at radius 2 is 0.654 bits per heavy atom. The van der Waals surface area contributed by atoms with Crippen molar-refractivity contribution < 1.29 is 4.79 Å². The lowest BCUT2D eigenvalue weighted by Crippen LogP contribution is -2.11. The van der Waals surface area contributed by atoms with E-state index in [1.807, 2.05) is 103 Å². The van der Waals surface area contributed by atoms with Gasteiger partial charge in [0.25, 0.3) is 5.91 Å². The standard InChI is InChI=1S/C72H48N8O/c81-72(53-28-26-47(27-29-53)46-22-24-48(25-23-46)54-44-66(56-20-10-12-42-73-56)80-67(45-54)57-21-11-13-43-74-57)75-55-32-30-52(31-33-55)71-64-40-38-62(78-64)69(50-16-6-2-7-17-50)60-36-34-58(76-60)68(49-14-4-1-5-15-49)59-35-37-61(77-59)70(51-18-8-3-9-19-51)63-39-41-65(71)79-63/h1-45,76,79H,(H,75,81). The van der Waals surface area contributed by atoms with Gasteiger partial charge in [0.2, 0.25) is 0 Å². The van der Waals surface area contributed by atoms with Crippen molar-refractivity contribution in [2.75, 3.05) is 5.32 Å². The van der Waals surface area contributed by atoms with E-state index in [9.17, 15) is 4.79 Å². The number of carbonyl (C=O) groups is 1. The van der Waals surface area contributed by atoms with Crippen LogP contribution in [0.15, 0.2) is 249 Å². The highest BCUT2D eigenvalue weighted by atomic mass is 16.1. The van der Waals surface area contributed by atoms with Gasteiger partial charge in [0, 0.05) is 68.0 Å². The van der Waals surface area contributed by atoms with Gasteiger partial charge in [-0.3, -0.25) is 14.8 Å². The van der Waals surface area contributed by atoms with E-state index in [2.05, 4.69) is 183 Å². The Hall–Kier alpha value is -11.2. The van der Waals surface area contributed by atoms with Gasteiger partial charge in [0.1, 0.15) is 0 Å². The number of anilines is 1. The van der Waals surface area contributed by atoms with E-state index < -0.39 is 0 Å². The monoisotopic (exact) mass is 1040 g/mol. The number of H-pyrrole nitrogens is 2. The number of nitrogens with zero attached hydrogens (tertiary/aromatic N) is 5. The van der Waals surface area contributed by atoms with Gasteiger partial charge >= 0.3 is 0 Å². The zero-order chi connectivity index (χ0) is 54.1. The molecule has 9 nitrogen and oxygen atoms in total. The van der Waals surface area contributed by atoms with Gasteiger partial charge in [-0.2, -0.15) is 0 Å². The summed E-state index contributed by atoms with van der Waals surface area (Å²) in [6.07, 6.45) is 12.0. The zero-order valence-electron chi connectivity index (χ0n) is 43.6. The van der Waals surface area contributed by atoms with Crippen LogP contribution in [0.4, 0.5) is 5.69 Å². The van der Waals surface area contributed by atoms with E-state index in [0.717, 1.165) is 134 Å². The van der Waals surface area contributed by atoms with Gasteiger partial charge in [-0.05, 0) is 154 Å². The van der Waals surface area contributed by atoms with Crippen LogP contribution in [0.1, 0.15) is 33.1 Å². The highest BCUT2D eigenvalue weighted by molar-refractivity contribution is 6.05. The lowest BCUT2D eigenvalue weighted by Gasteiger charge is -2.11. The molecule has 6 aromatic heterocycles. The molecule has 0 spiro atoms. The maximum absolute atomic E-state index is 13.9. The average Bonchev–Trinajstić information content (AvgIpc) is 4.57. The van der Waals surface area contributed by atoms with E-state index in [0.29, 0.717) is 11.3 Å².